The smallest absolute Gasteiger partial charge is 0.267 e. The van der Waals surface area contributed by atoms with Crippen molar-refractivity contribution < 1.29 is 23.8 Å². The van der Waals surface area contributed by atoms with Crippen molar-refractivity contribution in [2.45, 2.75) is 20.0 Å². The topological polar surface area (TPSA) is 77.1 Å². The fraction of sp³-hybridized carbons (Fsp3) is 0.300. The van der Waals surface area contributed by atoms with E-state index in [-0.39, 0.29) is 18.4 Å². The fourth-order valence-electron chi connectivity index (χ4n) is 3.00. The number of nitrogens with one attached hydrogen (secondary N) is 1. The summed E-state index contributed by atoms with van der Waals surface area (Å²) in [6.07, 6.45) is -0.823. The van der Waals surface area contributed by atoms with Gasteiger partial charge in [0.25, 0.3) is 5.91 Å². The zero-order valence-electron chi connectivity index (χ0n) is 15.7. The van der Waals surface area contributed by atoms with Gasteiger partial charge in [0.2, 0.25) is 5.91 Å². The van der Waals surface area contributed by atoms with Crippen molar-refractivity contribution >= 4 is 23.2 Å². The van der Waals surface area contributed by atoms with Crippen LogP contribution in [0.2, 0.25) is 0 Å². The highest BCUT2D eigenvalue weighted by atomic mass is 16.5. The van der Waals surface area contributed by atoms with Gasteiger partial charge in [-0.15, -0.1) is 0 Å². The van der Waals surface area contributed by atoms with Gasteiger partial charge in [0.05, 0.1) is 26.5 Å². The van der Waals surface area contributed by atoms with Crippen molar-refractivity contribution in [1.29, 1.82) is 0 Å². The van der Waals surface area contributed by atoms with E-state index in [0.29, 0.717) is 28.6 Å². The molecule has 27 heavy (non-hydrogen) atoms. The van der Waals surface area contributed by atoms with Gasteiger partial charge in [0.1, 0.15) is 5.75 Å². The van der Waals surface area contributed by atoms with Crippen molar-refractivity contribution in [2.24, 2.45) is 0 Å². The summed E-state index contributed by atoms with van der Waals surface area (Å²) in [5.74, 6) is 1.11. The minimum Gasteiger partial charge on any atom is -0.493 e. The first-order valence-electron chi connectivity index (χ1n) is 8.52. The first-order valence-corrected chi connectivity index (χ1v) is 8.52. The Kier molecular flexibility index (Phi) is 5.21. The third-order valence-corrected chi connectivity index (χ3v) is 4.43. The highest BCUT2D eigenvalue weighted by molar-refractivity contribution is 5.99. The number of fused-ring (bicyclic) bond motifs is 1. The van der Waals surface area contributed by atoms with Gasteiger partial charge >= 0.3 is 0 Å². The highest BCUT2D eigenvalue weighted by Crippen LogP contribution is 2.35. The molecule has 0 saturated heterocycles. The molecule has 0 spiro atoms. The number of nitrogens with zero attached hydrogens (tertiary/aromatic N) is 1. The monoisotopic (exact) mass is 370 g/mol. The number of hydrogen-bond acceptors (Lipinski definition) is 5. The summed E-state index contributed by atoms with van der Waals surface area (Å²) < 4.78 is 16.4. The third-order valence-electron chi connectivity index (χ3n) is 4.43. The molecule has 142 valence electrons. The summed E-state index contributed by atoms with van der Waals surface area (Å²) in [6.45, 7) is 3.47. The Morgan fingerprint density at radius 3 is 2.48 bits per heavy atom. The van der Waals surface area contributed by atoms with Gasteiger partial charge in [-0.05, 0) is 30.7 Å². The van der Waals surface area contributed by atoms with Gasteiger partial charge in [-0.25, -0.2) is 0 Å². The minimum absolute atomic E-state index is 0.143. The molecule has 3 rings (SSSR count). The molecule has 1 aliphatic heterocycles. The van der Waals surface area contributed by atoms with Gasteiger partial charge < -0.3 is 24.4 Å². The number of carbonyl (C=O) groups excluding carboxylic acids is 2. The first kappa shape index (κ1) is 18.6. The lowest BCUT2D eigenvalue weighted by Gasteiger charge is -2.33. The Hall–Kier alpha value is -3.22. The van der Waals surface area contributed by atoms with E-state index in [2.05, 4.69) is 5.32 Å². The maximum Gasteiger partial charge on any atom is 0.267 e. The Balaban J connectivity index is 1.84. The van der Waals surface area contributed by atoms with Crippen LogP contribution < -0.4 is 24.4 Å². The van der Waals surface area contributed by atoms with Crippen molar-refractivity contribution in [1.82, 2.24) is 0 Å². The van der Waals surface area contributed by atoms with Crippen molar-refractivity contribution in [3.8, 4) is 17.2 Å². The van der Waals surface area contributed by atoms with Crippen LogP contribution in [0.25, 0.3) is 0 Å². The number of aryl methyl sites for hydroxylation is 1. The van der Waals surface area contributed by atoms with Gasteiger partial charge in [-0.2, -0.15) is 0 Å². The van der Waals surface area contributed by atoms with Crippen molar-refractivity contribution in [3.05, 3.63) is 42.0 Å². The molecular formula is C20H22N2O5. The second-order valence-electron chi connectivity index (χ2n) is 6.22. The second kappa shape index (κ2) is 7.57. The summed E-state index contributed by atoms with van der Waals surface area (Å²) in [5, 5.41) is 2.86. The molecule has 7 nitrogen and oxygen atoms in total. The van der Waals surface area contributed by atoms with E-state index in [1.807, 2.05) is 13.0 Å². The molecule has 0 bridgehead atoms. The lowest BCUT2D eigenvalue weighted by Crippen LogP contribution is -2.48. The van der Waals surface area contributed by atoms with Crippen molar-refractivity contribution in [3.63, 3.8) is 0 Å². The standard InChI is InChI=1S/C20H22N2O5/c1-12-9-17(25-3)18(26-4)10-14(12)21-20(24)19-11-22(13(2)23)15-7-5-6-8-16(15)27-19/h5-10,19H,11H2,1-4H3,(H,21,24)/t19-/m0/s1. The van der Waals surface area contributed by atoms with Crippen LogP contribution in [0.4, 0.5) is 11.4 Å². The van der Waals surface area contributed by atoms with Crippen LogP contribution in [0.5, 0.6) is 17.2 Å². The Morgan fingerprint density at radius 2 is 1.81 bits per heavy atom. The van der Waals surface area contributed by atoms with Gasteiger partial charge in [0, 0.05) is 18.7 Å². The normalized spacial score (nSPS) is 15.4. The second-order valence-corrected chi connectivity index (χ2v) is 6.22. The third kappa shape index (κ3) is 3.67. The number of rotatable bonds is 4. The highest BCUT2D eigenvalue weighted by Gasteiger charge is 2.32. The summed E-state index contributed by atoms with van der Waals surface area (Å²) >= 11 is 0. The number of para-hydroxylation sites is 2. The van der Waals surface area contributed by atoms with Gasteiger partial charge in [-0.3, -0.25) is 9.59 Å². The Morgan fingerprint density at radius 1 is 1.15 bits per heavy atom. The van der Waals surface area contributed by atoms with Crippen LogP contribution in [-0.4, -0.2) is 38.7 Å². The largest absolute Gasteiger partial charge is 0.493 e. The average molecular weight is 370 g/mol. The lowest BCUT2D eigenvalue weighted by atomic mass is 10.1. The molecule has 0 unspecified atom stereocenters. The van der Waals surface area contributed by atoms with E-state index in [1.165, 1.54) is 14.0 Å². The van der Waals surface area contributed by atoms with Crippen LogP contribution in [-0.2, 0) is 9.59 Å². The van der Waals surface area contributed by atoms with E-state index in [9.17, 15) is 9.59 Å². The molecule has 0 aromatic heterocycles. The average Bonchev–Trinajstić information content (AvgIpc) is 2.67. The summed E-state index contributed by atoms with van der Waals surface area (Å²) in [5.41, 5.74) is 2.08. The van der Waals surface area contributed by atoms with Gasteiger partial charge in [-0.1, -0.05) is 12.1 Å². The number of ether oxygens (including phenoxy) is 3. The molecule has 0 aliphatic carbocycles. The molecule has 2 aromatic rings. The van der Waals surface area contributed by atoms with E-state index in [4.69, 9.17) is 14.2 Å². The van der Waals surface area contributed by atoms with Crippen LogP contribution in [0.1, 0.15) is 12.5 Å². The van der Waals surface area contributed by atoms with E-state index >= 15 is 0 Å². The van der Waals surface area contributed by atoms with Crippen LogP contribution >= 0.6 is 0 Å². The molecule has 0 saturated carbocycles. The summed E-state index contributed by atoms with van der Waals surface area (Å²) in [6, 6.07) is 10.6. The van der Waals surface area contributed by atoms with Gasteiger partial charge in [0.15, 0.2) is 17.6 Å². The molecule has 0 fully saturated rings. The molecule has 1 heterocycles. The number of methoxy groups -OCH3 is 2. The molecular weight excluding hydrogens is 348 g/mol. The quantitative estimate of drug-likeness (QED) is 0.896. The molecule has 2 amide bonds. The summed E-state index contributed by atoms with van der Waals surface area (Å²) in [4.78, 5) is 26.4. The maximum absolute atomic E-state index is 12.8. The zero-order chi connectivity index (χ0) is 19.6. The van der Waals surface area contributed by atoms with E-state index in [1.54, 1.807) is 42.3 Å². The summed E-state index contributed by atoms with van der Waals surface area (Å²) in [7, 11) is 3.09. The molecule has 1 atom stereocenters. The predicted molar refractivity (Wildman–Crippen MR) is 102 cm³/mol. The predicted octanol–water partition coefficient (Wildman–Crippen LogP) is 2.76. The Bertz CT molecular complexity index is 881. The van der Waals surface area contributed by atoms with E-state index in [0.717, 1.165) is 5.56 Å². The number of anilines is 2. The van der Waals surface area contributed by atoms with Crippen LogP contribution in [0.3, 0.4) is 0 Å². The van der Waals surface area contributed by atoms with Crippen LogP contribution in [0, 0.1) is 6.92 Å². The SMILES string of the molecule is COc1cc(C)c(NC(=O)[C@@H]2CN(C(C)=O)c3ccccc3O2)cc1OC. The fourth-order valence-corrected chi connectivity index (χ4v) is 3.00. The first-order chi connectivity index (χ1) is 12.9. The Labute approximate surface area is 157 Å². The zero-order valence-corrected chi connectivity index (χ0v) is 15.7. The minimum atomic E-state index is -0.823. The number of carbonyl (C=O) groups is 2. The van der Waals surface area contributed by atoms with Crippen molar-refractivity contribution in [2.75, 3.05) is 31.0 Å². The van der Waals surface area contributed by atoms with Crippen LogP contribution in [0.15, 0.2) is 36.4 Å². The lowest BCUT2D eigenvalue weighted by molar-refractivity contribution is -0.123. The molecule has 2 aromatic carbocycles. The molecule has 0 radical (unpaired) electrons. The van der Waals surface area contributed by atoms with E-state index < -0.39 is 6.10 Å². The molecule has 7 heteroatoms. The number of hydrogen-bond donors (Lipinski definition) is 1. The number of benzene rings is 2. The number of amides is 2. The molecule has 1 N–H and O–H groups in total. The molecule has 1 aliphatic rings. The maximum atomic E-state index is 12.8.